The summed E-state index contributed by atoms with van der Waals surface area (Å²) in [6.45, 7) is 3.35. The molecular formula is C14H20O4. The van der Waals surface area contributed by atoms with Crippen molar-refractivity contribution in [3.8, 4) is 0 Å². The number of hydrogen-bond donors (Lipinski definition) is 3. The summed E-state index contributed by atoms with van der Waals surface area (Å²) in [7, 11) is 0. The average molecular weight is 252 g/mol. The number of benzene rings is 1. The van der Waals surface area contributed by atoms with Crippen LogP contribution in [0.15, 0.2) is 24.3 Å². The molecule has 0 saturated carbocycles. The van der Waals surface area contributed by atoms with Gasteiger partial charge in [-0.05, 0) is 37.8 Å². The van der Waals surface area contributed by atoms with Crippen LogP contribution in [0.5, 0.6) is 0 Å². The second kappa shape index (κ2) is 5.98. The summed E-state index contributed by atoms with van der Waals surface area (Å²) in [5.74, 6) is -0.879. The highest BCUT2D eigenvalue weighted by molar-refractivity contribution is 5.80. The number of carbonyl (C=O) groups is 1. The van der Waals surface area contributed by atoms with Crippen molar-refractivity contribution in [1.82, 2.24) is 0 Å². The number of aliphatic hydroxyl groups is 2. The van der Waals surface area contributed by atoms with Crippen LogP contribution in [-0.2, 0) is 10.2 Å². The predicted octanol–water partition coefficient (Wildman–Crippen LogP) is 1.85. The van der Waals surface area contributed by atoms with Gasteiger partial charge in [0.2, 0.25) is 0 Å². The smallest absolute Gasteiger partial charge is 0.313 e. The Labute approximate surface area is 107 Å². The van der Waals surface area contributed by atoms with E-state index in [1.807, 2.05) is 0 Å². The first-order valence-corrected chi connectivity index (χ1v) is 6.02. The summed E-state index contributed by atoms with van der Waals surface area (Å²) < 4.78 is 0. The van der Waals surface area contributed by atoms with E-state index in [1.54, 1.807) is 38.1 Å². The molecule has 3 N–H and O–H groups in total. The third-order valence-electron chi connectivity index (χ3n) is 3.19. The molecule has 0 spiro atoms. The number of aliphatic hydroxyl groups excluding tert-OH is 2. The van der Waals surface area contributed by atoms with Crippen molar-refractivity contribution < 1.29 is 20.1 Å². The maximum atomic E-state index is 11.1. The molecule has 0 aliphatic rings. The largest absolute Gasteiger partial charge is 0.481 e. The van der Waals surface area contributed by atoms with Crippen LogP contribution in [0.4, 0.5) is 0 Å². The van der Waals surface area contributed by atoms with Gasteiger partial charge in [0, 0.05) is 6.61 Å². The van der Waals surface area contributed by atoms with Crippen LogP contribution in [0, 0.1) is 0 Å². The van der Waals surface area contributed by atoms with Crippen LogP contribution >= 0.6 is 0 Å². The Morgan fingerprint density at radius 1 is 1.28 bits per heavy atom. The van der Waals surface area contributed by atoms with Crippen molar-refractivity contribution in [3.63, 3.8) is 0 Å². The van der Waals surface area contributed by atoms with E-state index in [0.29, 0.717) is 18.4 Å². The molecule has 1 unspecified atom stereocenters. The van der Waals surface area contributed by atoms with Crippen LogP contribution in [0.1, 0.15) is 43.9 Å². The lowest BCUT2D eigenvalue weighted by Gasteiger charge is -2.20. The highest BCUT2D eigenvalue weighted by atomic mass is 16.4. The standard InChI is InChI=1S/C14H20O4/c1-14(2,13(17)18)11-7-5-10(6-8-11)12(16)4-3-9-15/h5-8,12,15-16H,3-4,9H2,1-2H3,(H,17,18). The highest BCUT2D eigenvalue weighted by Gasteiger charge is 2.29. The first-order chi connectivity index (χ1) is 8.39. The van der Waals surface area contributed by atoms with Crippen LogP contribution in [0.25, 0.3) is 0 Å². The van der Waals surface area contributed by atoms with E-state index < -0.39 is 17.5 Å². The molecule has 0 aliphatic carbocycles. The van der Waals surface area contributed by atoms with E-state index in [4.69, 9.17) is 10.2 Å². The third kappa shape index (κ3) is 3.31. The molecule has 1 atom stereocenters. The van der Waals surface area contributed by atoms with E-state index in [2.05, 4.69) is 0 Å². The van der Waals surface area contributed by atoms with Gasteiger partial charge < -0.3 is 15.3 Å². The topological polar surface area (TPSA) is 77.8 Å². The van der Waals surface area contributed by atoms with E-state index in [-0.39, 0.29) is 6.61 Å². The zero-order valence-corrected chi connectivity index (χ0v) is 10.8. The summed E-state index contributed by atoms with van der Waals surface area (Å²) in [4.78, 5) is 11.1. The zero-order chi connectivity index (χ0) is 13.8. The van der Waals surface area contributed by atoms with Gasteiger partial charge in [0.15, 0.2) is 0 Å². The Morgan fingerprint density at radius 2 is 1.83 bits per heavy atom. The van der Waals surface area contributed by atoms with Gasteiger partial charge >= 0.3 is 5.97 Å². The van der Waals surface area contributed by atoms with Crippen molar-refractivity contribution in [2.24, 2.45) is 0 Å². The van der Waals surface area contributed by atoms with Crippen molar-refractivity contribution in [3.05, 3.63) is 35.4 Å². The molecule has 4 heteroatoms. The van der Waals surface area contributed by atoms with Crippen LogP contribution in [0.2, 0.25) is 0 Å². The van der Waals surface area contributed by atoms with Gasteiger partial charge in [-0.1, -0.05) is 24.3 Å². The minimum Gasteiger partial charge on any atom is -0.481 e. The monoisotopic (exact) mass is 252 g/mol. The Morgan fingerprint density at radius 3 is 2.28 bits per heavy atom. The lowest BCUT2D eigenvalue weighted by atomic mass is 9.84. The van der Waals surface area contributed by atoms with Gasteiger partial charge in [-0.3, -0.25) is 4.79 Å². The second-order valence-electron chi connectivity index (χ2n) is 4.93. The summed E-state index contributed by atoms with van der Waals surface area (Å²) in [5, 5.41) is 27.6. The first kappa shape index (κ1) is 14.7. The molecule has 0 aromatic heterocycles. The van der Waals surface area contributed by atoms with Crippen molar-refractivity contribution >= 4 is 5.97 Å². The van der Waals surface area contributed by atoms with Gasteiger partial charge in [0.25, 0.3) is 0 Å². The minimum atomic E-state index is -0.936. The van der Waals surface area contributed by atoms with Crippen molar-refractivity contribution in [2.45, 2.75) is 38.2 Å². The maximum absolute atomic E-state index is 11.1. The van der Waals surface area contributed by atoms with Crippen LogP contribution < -0.4 is 0 Å². The molecule has 1 aromatic rings. The number of aliphatic carboxylic acids is 1. The van der Waals surface area contributed by atoms with Gasteiger partial charge in [0.05, 0.1) is 11.5 Å². The van der Waals surface area contributed by atoms with Crippen molar-refractivity contribution in [2.75, 3.05) is 6.61 Å². The van der Waals surface area contributed by atoms with Crippen LogP contribution in [0.3, 0.4) is 0 Å². The Hall–Kier alpha value is -1.39. The van der Waals surface area contributed by atoms with Crippen molar-refractivity contribution in [1.29, 1.82) is 0 Å². The molecule has 0 fully saturated rings. The molecule has 0 aliphatic heterocycles. The molecule has 1 rings (SSSR count). The number of carboxylic acids is 1. The zero-order valence-electron chi connectivity index (χ0n) is 10.8. The Bertz CT molecular complexity index is 395. The number of carboxylic acid groups (broad SMARTS) is 1. The number of hydrogen-bond acceptors (Lipinski definition) is 3. The third-order valence-corrected chi connectivity index (χ3v) is 3.19. The summed E-state index contributed by atoms with van der Waals surface area (Å²) in [5.41, 5.74) is 0.510. The molecule has 0 saturated heterocycles. The summed E-state index contributed by atoms with van der Waals surface area (Å²) in [6, 6.07) is 6.93. The Kier molecular flexibility index (Phi) is 4.87. The van der Waals surface area contributed by atoms with Gasteiger partial charge in [-0.25, -0.2) is 0 Å². The predicted molar refractivity (Wildman–Crippen MR) is 68.4 cm³/mol. The minimum absolute atomic E-state index is 0.0567. The fourth-order valence-corrected chi connectivity index (χ4v) is 1.70. The molecule has 0 amide bonds. The maximum Gasteiger partial charge on any atom is 0.313 e. The van der Waals surface area contributed by atoms with E-state index in [1.165, 1.54) is 0 Å². The first-order valence-electron chi connectivity index (χ1n) is 6.02. The molecule has 0 heterocycles. The Balaban J connectivity index is 2.83. The molecule has 100 valence electrons. The highest BCUT2D eigenvalue weighted by Crippen LogP contribution is 2.26. The lowest BCUT2D eigenvalue weighted by molar-refractivity contribution is -0.142. The van der Waals surface area contributed by atoms with Gasteiger partial charge in [0.1, 0.15) is 0 Å². The van der Waals surface area contributed by atoms with Crippen LogP contribution in [-0.4, -0.2) is 27.9 Å². The average Bonchev–Trinajstić information content (AvgIpc) is 2.35. The lowest BCUT2D eigenvalue weighted by Crippen LogP contribution is -2.28. The van der Waals surface area contributed by atoms with Gasteiger partial charge in [-0.2, -0.15) is 0 Å². The van der Waals surface area contributed by atoms with Gasteiger partial charge in [-0.15, -0.1) is 0 Å². The van der Waals surface area contributed by atoms with E-state index in [0.717, 1.165) is 5.56 Å². The fourth-order valence-electron chi connectivity index (χ4n) is 1.70. The molecule has 0 bridgehead atoms. The molecule has 4 nitrogen and oxygen atoms in total. The number of rotatable bonds is 6. The molecule has 18 heavy (non-hydrogen) atoms. The van der Waals surface area contributed by atoms with E-state index in [9.17, 15) is 9.90 Å². The summed E-state index contributed by atoms with van der Waals surface area (Å²) in [6.07, 6.45) is 0.431. The molecule has 0 radical (unpaired) electrons. The second-order valence-corrected chi connectivity index (χ2v) is 4.93. The van der Waals surface area contributed by atoms with E-state index >= 15 is 0 Å². The molecule has 1 aromatic carbocycles. The quantitative estimate of drug-likeness (QED) is 0.722. The summed E-state index contributed by atoms with van der Waals surface area (Å²) >= 11 is 0. The fraction of sp³-hybridized carbons (Fsp3) is 0.500. The normalized spacial score (nSPS) is 13.3. The molecular weight excluding hydrogens is 232 g/mol. The SMILES string of the molecule is CC(C)(C(=O)O)c1ccc(C(O)CCCO)cc1.